The third kappa shape index (κ3) is 2.06. The van der Waals surface area contributed by atoms with Crippen LogP contribution in [-0.2, 0) is 0 Å². The fourth-order valence-electron chi connectivity index (χ4n) is 2.84. The number of pyridine rings is 1. The molecule has 1 aliphatic rings. The van der Waals surface area contributed by atoms with E-state index in [-0.39, 0.29) is 6.04 Å². The average molecular weight is 270 g/mol. The molecule has 4 heteroatoms. The second-order valence-corrected chi connectivity index (χ2v) is 5.45. The number of rotatable bonds is 2. The van der Waals surface area contributed by atoms with Crippen molar-refractivity contribution < 1.29 is 9.90 Å². The zero-order valence-corrected chi connectivity index (χ0v) is 11.7. The molecule has 1 aromatic carbocycles. The molecule has 3 rings (SSSR count). The number of fused-ring (bicyclic) bond motifs is 1. The Balaban J connectivity index is 2.28. The number of hydrogen-bond acceptors (Lipinski definition) is 3. The molecule has 0 radical (unpaired) electrons. The molecular formula is C16H18N2O2. The van der Waals surface area contributed by atoms with Gasteiger partial charge in [0.15, 0.2) is 0 Å². The van der Waals surface area contributed by atoms with Crippen LogP contribution in [0.15, 0.2) is 18.2 Å². The van der Waals surface area contributed by atoms with Crippen molar-refractivity contribution in [3.63, 3.8) is 0 Å². The molecule has 0 spiro atoms. The largest absolute Gasteiger partial charge is 0.478 e. The minimum atomic E-state index is -0.889. The number of benzene rings is 1. The minimum absolute atomic E-state index is 0.178. The smallest absolute Gasteiger partial charge is 0.336 e. The Morgan fingerprint density at radius 2 is 2.20 bits per heavy atom. The average Bonchev–Trinajstić information content (AvgIpc) is 2.96. The van der Waals surface area contributed by atoms with Gasteiger partial charge in [0.2, 0.25) is 0 Å². The van der Waals surface area contributed by atoms with Gasteiger partial charge in [0.05, 0.1) is 16.8 Å². The number of carbonyl (C=O) groups is 1. The second kappa shape index (κ2) is 4.87. The summed E-state index contributed by atoms with van der Waals surface area (Å²) in [6, 6.07) is 5.72. The standard InChI is InChI=1S/C16H18N2O2/c1-9-5-6-11-12(16(19)20)8-14(13-4-3-7-17-13)18-15(11)10(9)2/h5-6,8,13,17H,3-4,7H2,1-2H3,(H,19,20). The molecule has 1 atom stereocenters. The van der Waals surface area contributed by atoms with Crippen molar-refractivity contribution in [1.82, 2.24) is 10.3 Å². The van der Waals surface area contributed by atoms with E-state index in [9.17, 15) is 9.90 Å². The summed E-state index contributed by atoms with van der Waals surface area (Å²) in [4.78, 5) is 16.3. The fourth-order valence-corrected chi connectivity index (χ4v) is 2.84. The van der Waals surface area contributed by atoms with Crippen LogP contribution in [0.4, 0.5) is 0 Å². The molecule has 1 unspecified atom stereocenters. The van der Waals surface area contributed by atoms with Crippen LogP contribution in [0.1, 0.15) is 46.1 Å². The normalized spacial score (nSPS) is 18.6. The van der Waals surface area contributed by atoms with Gasteiger partial charge < -0.3 is 10.4 Å². The van der Waals surface area contributed by atoms with Crippen LogP contribution < -0.4 is 5.32 Å². The molecule has 0 amide bonds. The van der Waals surface area contributed by atoms with Crippen LogP contribution in [0.2, 0.25) is 0 Å². The van der Waals surface area contributed by atoms with Gasteiger partial charge in [0.1, 0.15) is 0 Å². The SMILES string of the molecule is Cc1ccc2c(C(=O)O)cc(C3CCCN3)nc2c1C. The van der Waals surface area contributed by atoms with E-state index < -0.39 is 5.97 Å². The maximum atomic E-state index is 11.5. The molecule has 1 aliphatic heterocycles. The number of hydrogen-bond donors (Lipinski definition) is 2. The van der Waals surface area contributed by atoms with Gasteiger partial charge in [0, 0.05) is 11.4 Å². The van der Waals surface area contributed by atoms with Crippen LogP contribution >= 0.6 is 0 Å². The van der Waals surface area contributed by atoms with E-state index in [1.165, 1.54) is 0 Å². The summed E-state index contributed by atoms with van der Waals surface area (Å²) in [6.45, 7) is 5.00. The third-order valence-corrected chi connectivity index (χ3v) is 4.17. The van der Waals surface area contributed by atoms with Gasteiger partial charge in [-0.3, -0.25) is 4.98 Å². The summed E-state index contributed by atoms with van der Waals surface area (Å²) in [6.07, 6.45) is 2.13. The van der Waals surface area contributed by atoms with E-state index in [1.807, 2.05) is 26.0 Å². The number of aryl methyl sites for hydroxylation is 2. The maximum absolute atomic E-state index is 11.5. The van der Waals surface area contributed by atoms with Crippen molar-refractivity contribution in [1.29, 1.82) is 0 Å². The lowest BCUT2D eigenvalue weighted by Gasteiger charge is -2.14. The van der Waals surface area contributed by atoms with Crippen LogP contribution in [0.3, 0.4) is 0 Å². The molecule has 20 heavy (non-hydrogen) atoms. The molecule has 1 saturated heterocycles. The van der Waals surface area contributed by atoms with Crippen LogP contribution in [0.25, 0.3) is 10.9 Å². The van der Waals surface area contributed by atoms with Crippen molar-refractivity contribution >= 4 is 16.9 Å². The number of aromatic nitrogens is 1. The van der Waals surface area contributed by atoms with Gasteiger partial charge in [-0.1, -0.05) is 12.1 Å². The van der Waals surface area contributed by atoms with E-state index >= 15 is 0 Å². The molecule has 2 N–H and O–H groups in total. The molecule has 1 fully saturated rings. The van der Waals surface area contributed by atoms with Gasteiger partial charge in [-0.05, 0) is 50.4 Å². The highest BCUT2D eigenvalue weighted by molar-refractivity contribution is 6.03. The summed E-state index contributed by atoms with van der Waals surface area (Å²) in [5.74, 6) is -0.889. The summed E-state index contributed by atoms with van der Waals surface area (Å²) < 4.78 is 0. The number of carboxylic acid groups (broad SMARTS) is 1. The van der Waals surface area contributed by atoms with Gasteiger partial charge in [0.25, 0.3) is 0 Å². The third-order valence-electron chi connectivity index (χ3n) is 4.17. The van der Waals surface area contributed by atoms with Gasteiger partial charge in [-0.2, -0.15) is 0 Å². The monoisotopic (exact) mass is 270 g/mol. The molecule has 0 bridgehead atoms. The molecule has 4 nitrogen and oxygen atoms in total. The molecule has 0 saturated carbocycles. The molecule has 104 valence electrons. The van der Waals surface area contributed by atoms with Crippen molar-refractivity contribution in [3.05, 3.63) is 40.6 Å². The van der Waals surface area contributed by atoms with Gasteiger partial charge in [-0.25, -0.2) is 4.79 Å². The second-order valence-electron chi connectivity index (χ2n) is 5.45. The highest BCUT2D eigenvalue weighted by Gasteiger charge is 2.21. The topological polar surface area (TPSA) is 62.2 Å². The highest BCUT2D eigenvalue weighted by Crippen LogP contribution is 2.28. The van der Waals surface area contributed by atoms with Crippen LogP contribution in [0, 0.1) is 13.8 Å². The van der Waals surface area contributed by atoms with Crippen LogP contribution in [0.5, 0.6) is 0 Å². The van der Waals surface area contributed by atoms with Gasteiger partial charge >= 0.3 is 5.97 Å². The van der Waals surface area contributed by atoms with E-state index in [0.717, 1.165) is 47.1 Å². The lowest BCUT2D eigenvalue weighted by molar-refractivity contribution is 0.0699. The van der Waals surface area contributed by atoms with E-state index in [4.69, 9.17) is 4.98 Å². The Morgan fingerprint density at radius 1 is 1.40 bits per heavy atom. The highest BCUT2D eigenvalue weighted by atomic mass is 16.4. The minimum Gasteiger partial charge on any atom is -0.478 e. The Hall–Kier alpha value is -1.94. The predicted octanol–water partition coefficient (Wildman–Crippen LogP) is 2.97. The lowest BCUT2D eigenvalue weighted by atomic mass is 9.99. The molecular weight excluding hydrogens is 252 g/mol. The van der Waals surface area contributed by atoms with Crippen molar-refractivity contribution in [2.75, 3.05) is 6.54 Å². The summed E-state index contributed by atoms with van der Waals surface area (Å²) in [5.41, 5.74) is 4.21. The predicted molar refractivity (Wildman–Crippen MR) is 78.2 cm³/mol. The zero-order valence-electron chi connectivity index (χ0n) is 11.7. The van der Waals surface area contributed by atoms with Crippen molar-refractivity contribution in [2.45, 2.75) is 32.7 Å². The lowest BCUT2D eigenvalue weighted by Crippen LogP contribution is -2.15. The molecule has 2 heterocycles. The molecule has 0 aliphatic carbocycles. The Kier molecular flexibility index (Phi) is 3.18. The van der Waals surface area contributed by atoms with E-state index in [0.29, 0.717) is 5.56 Å². The first-order valence-corrected chi connectivity index (χ1v) is 6.95. The Bertz CT molecular complexity index is 688. The van der Waals surface area contributed by atoms with E-state index in [2.05, 4.69) is 5.32 Å². The van der Waals surface area contributed by atoms with Crippen molar-refractivity contribution in [3.8, 4) is 0 Å². The fraction of sp³-hybridized carbons (Fsp3) is 0.375. The number of carboxylic acids is 1. The summed E-state index contributed by atoms with van der Waals surface area (Å²) in [7, 11) is 0. The number of nitrogens with zero attached hydrogens (tertiary/aromatic N) is 1. The Labute approximate surface area is 117 Å². The summed E-state index contributed by atoms with van der Waals surface area (Å²) in [5, 5.41) is 13.6. The first kappa shape index (κ1) is 13.1. The quantitative estimate of drug-likeness (QED) is 0.880. The zero-order chi connectivity index (χ0) is 14.3. The molecule has 1 aromatic heterocycles. The van der Waals surface area contributed by atoms with E-state index in [1.54, 1.807) is 6.07 Å². The number of aromatic carboxylic acids is 1. The Morgan fingerprint density at radius 3 is 2.85 bits per heavy atom. The first-order valence-electron chi connectivity index (χ1n) is 6.95. The summed E-state index contributed by atoms with van der Waals surface area (Å²) >= 11 is 0. The molecule has 2 aromatic rings. The maximum Gasteiger partial charge on any atom is 0.336 e. The van der Waals surface area contributed by atoms with Crippen LogP contribution in [-0.4, -0.2) is 22.6 Å². The van der Waals surface area contributed by atoms with Gasteiger partial charge in [-0.15, -0.1) is 0 Å². The van der Waals surface area contributed by atoms with Crippen molar-refractivity contribution in [2.24, 2.45) is 0 Å². The first-order chi connectivity index (χ1) is 9.58. The number of nitrogens with one attached hydrogen (secondary N) is 1.